The highest BCUT2D eigenvalue weighted by Gasteiger charge is 2.08. The summed E-state index contributed by atoms with van der Waals surface area (Å²) >= 11 is 1.78. The molecule has 0 fully saturated rings. The first-order valence-corrected chi connectivity index (χ1v) is 8.03. The third kappa shape index (κ3) is 2.74. The molecular formula is C18H20N2S. The second-order valence-electron chi connectivity index (χ2n) is 5.33. The molecule has 0 spiro atoms. The minimum absolute atomic E-state index is 0.857. The van der Waals surface area contributed by atoms with Crippen LogP contribution in [-0.2, 0) is 13.6 Å². The largest absolute Gasteiger partial charge is 0.380 e. The zero-order chi connectivity index (χ0) is 14.8. The van der Waals surface area contributed by atoms with Crippen LogP contribution in [0.4, 0.5) is 5.69 Å². The summed E-state index contributed by atoms with van der Waals surface area (Å²) in [4.78, 5) is 1.30. The molecule has 2 aromatic heterocycles. The maximum absolute atomic E-state index is 3.59. The van der Waals surface area contributed by atoms with E-state index < -0.39 is 0 Å². The molecule has 0 aliphatic heterocycles. The molecular weight excluding hydrogens is 276 g/mol. The van der Waals surface area contributed by atoms with Crippen LogP contribution in [0.15, 0.2) is 47.8 Å². The molecule has 0 radical (unpaired) electrons. The van der Waals surface area contributed by atoms with Gasteiger partial charge in [-0.2, -0.15) is 0 Å². The van der Waals surface area contributed by atoms with E-state index in [1.807, 2.05) is 0 Å². The number of nitrogens with zero attached hydrogens (tertiary/aromatic N) is 1. The Bertz CT molecular complexity index is 739. The molecule has 0 bridgehead atoms. The lowest BCUT2D eigenvalue weighted by atomic mass is 10.1. The maximum Gasteiger partial charge on any atom is 0.0430 e. The molecule has 0 aliphatic carbocycles. The topological polar surface area (TPSA) is 17.0 Å². The molecule has 1 N–H and O–H groups in total. The Hall–Kier alpha value is -2.00. The Morgan fingerprint density at radius 3 is 2.57 bits per heavy atom. The summed E-state index contributed by atoms with van der Waals surface area (Å²) in [5, 5.41) is 5.71. The van der Waals surface area contributed by atoms with Crippen LogP contribution in [0.2, 0.25) is 0 Å². The van der Waals surface area contributed by atoms with Gasteiger partial charge >= 0.3 is 0 Å². The molecule has 0 saturated heterocycles. The average molecular weight is 296 g/mol. The maximum atomic E-state index is 3.59. The zero-order valence-electron chi connectivity index (χ0n) is 12.7. The standard InChI is InChI=1S/C18H20N2S/c1-13-11-15(14(2)20(13)3)12-19-17-8-5-4-7-16(17)18-9-6-10-21-18/h4-11,19H,12H2,1-3H3. The van der Waals surface area contributed by atoms with Crippen molar-refractivity contribution in [1.82, 2.24) is 4.57 Å². The number of anilines is 1. The Morgan fingerprint density at radius 2 is 1.90 bits per heavy atom. The molecule has 3 aromatic rings. The fourth-order valence-corrected chi connectivity index (χ4v) is 3.35. The molecule has 0 saturated carbocycles. The fourth-order valence-electron chi connectivity index (χ4n) is 2.59. The Labute approximate surface area is 130 Å². The van der Waals surface area contributed by atoms with E-state index in [9.17, 15) is 0 Å². The van der Waals surface area contributed by atoms with E-state index in [-0.39, 0.29) is 0 Å². The van der Waals surface area contributed by atoms with Gasteiger partial charge in [0.05, 0.1) is 0 Å². The number of aryl methyl sites for hydroxylation is 1. The summed E-state index contributed by atoms with van der Waals surface area (Å²) < 4.78 is 2.24. The summed E-state index contributed by atoms with van der Waals surface area (Å²) in [6, 6.07) is 15.0. The van der Waals surface area contributed by atoms with Gasteiger partial charge in [0.25, 0.3) is 0 Å². The summed E-state index contributed by atoms with van der Waals surface area (Å²) in [6.07, 6.45) is 0. The number of rotatable bonds is 4. The number of aromatic nitrogens is 1. The van der Waals surface area contributed by atoms with Crippen molar-refractivity contribution in [1.29, 1.82) is 0 Å². The van der Waals surface area contributed by atoms with Gasteiger partial charge in [0.1, 0.15) is 0 Å². The lowest BCUT2D eigenvalue weighted by Gasteiger charge is -2.11. The first-order chi connectivity index (χ1) is 10.2. The second kappa shape index (κ2) is 5.78. The van der Waals surface area contributed by atoms with Gasteiger partial charge in [0.2, 0.25) is 0 Å². The molecule has 1 aromatic carbocycles. The van der Waals surface area contributed by atoms with Gasteiger partial charge in [0, 0.05) is 41.1 Å². The molecule has 0 aliphatic rings. The average Bonchev–Trinajstić information content (AvgIpc) is 3.11. The highest BCUT2D eigenvalue weighted by atomic mass is 32.1. The lowest BCUT2D eigenvalue weighted by Crippen LogP contribution is -2.02. The van der Waals surface area contributed by atoms with Gasteiger partial charge in [-0.1, -0.05) is 24.3 Å². The van der Waals surface area contributed by atoms with Crippen molar-refractivity contribution in [3.05, 3.63) is 64.8 Å². The number of thiophene rings is 1. The third-order valence-electron chi connectivity index (χ3n) is 4.06. The van der Waals surface area contributed by atoms with E-state index in [0.717, 1.165) is 6.54 Å². The van der Waals surface area contributed by atoms with E-state index in [1.54, 1.807) is 11.3 Å². The van der Waals surface area contributed by atoms with Crippen molar-refractivity contribution in [2.24, 2.45) is 7.05 Å². The highest BCUT2D eigenvalue weighted by molar-refractivity contribution is 7.13. The molecule has 2 heterocycles. The van der Waals surface area contributed by atoms with Crippen molar-refractivity contribution in [3.63, 3.8) is 0 Å². The van der Waals surface area contributed by atoms with Crippen LogP contribution in [0.5, 0.6) is 0 Å². The minimum Gasteiger partial charge on any atom is -0.380 e. The summed E-state index contributed by atoms with van der Waals surface area (Å²) in [7, 11) is 2.12. The van der Waals surface area contributed by atoms with Gasteiger partial charge in [0.15, 0.2) is 0 Å². The van der Waals surface area contributed by atoms with E-state index in [2.05, 4.69) is 78.6 Å². The van der Waals surface area contributed by atoms with Crippen LogP contribution < -0.4 is 5.32 Å². The summed E-state index contributed by atoms with van der Waals surface area (Å²) in [5.41, 5.74) is 6.46. The van der Waals surface area contributed by atoms with Gasteiger partial charge in [-0.05, 0) is 43.0 Å². The molecule has 0 atom stereocenters. The van der Waals surface area contributed by atoms with Crippen LogP contribution in [-0.4, -0.2) is 4.57 Å². The monoisotopic (exact) mass is 296 g/mol. The molecule has 0 unspecified atom stereocenters. The molecule has 21 heavy (non-hydrogen) atoms. The van der Waals surface area contributed by atoms with Crippen molar-refractivity contribution in [2.75, 3.05) is 5.32 Å². The van der Waals surface area contributed by atoms with Crippen molar-refractivity contribution < 1.29 is 0 Å². The van der Waals surface area contributed by atoms with Crippen molar-refractivity contribution in [3.8, 4) is 10.4 Å². The number of hydrogen-bond acceptors (Lipinski definition) is 2. The third-order valence-corrected chi connectivity index (χ3v) is 4.97. The van der Waals surface area contributed by atoms with E-state index >= 15 is 0 Å². The first kappa shape index (κ1) is 14.0. The van der Waals surface area contributed by atoms with Crippen molar-refractivity contribution >= 4 is 17.0 Å². The highest BCUT2D eigenvalue weighted by Crippen LogP contribution is 2.31. The van der Waals surface area contributed by atoms with Crippen molar-refractivity contribution in [2.45, 2.75) is 20.4 Å². The Balaban J connectivity index is 1.84. The predicted octanol–water partition coefficient (Wildman–Crippen LogP) is 4.98. The smallest absolute Gasteiger partial charge is 0.0430 e. The molecule has 0 amide bonds. The Kier molecular flexibility index (Phi) is 3.84. The minimum atomic E-state index is 0.857. The number of nitrogens with one attached hydrogen (secondary N) is 1. The van der Waals surface area contributed by atoms with Crippen LogP contribution in [0.25, 0.3) is 10.4 Å². The predicted molar refractivity (Wildman–Crippen MR) is 92.0 cm³/mol. The van der Waals surface area contributed by atoms with Crippen LogP contribution in [0.1, 0.15) is 17.0 Å². The van der Waals surface area contributed by atoms with E-state index in [4.69, 9.17) is 0 Å². The zero-order valence-corrected chi connectivity index (χ0v) is 13.5. The fraction of sp³-hybridized carbons (Fsp3) is 0.222. The lowest BCUT2D eigenvalue weighted by molar-refractivity contribution is 0.837. The summed E-state index contributed by atoms with van der Waals surface area (Å²) in [5.74, 6) is 0. The Morgan fingerprint density at radius 1 is 1.10 bits per heavy atom. The van der Waals surface area contributed by atoms with Gasteiger partial charge in [-0.3, -0.25) is 0 Å². The molecule has 3 heteroatoms. The summed E-state index contributed by atoms with van der Waals surface area (Å²) in [6.45, 7) is 5.18. The number of para-hydroxylation sites is 1. The first-order valence-electron chi connectivity index (χ1n) is 7.15. The molecule has 108 valence electrons. The van der Waals surface area contributed by atoms with E-state index in [0.29, 0.717) is 0 Å². The van der Waals surface area contributed by atoms with Crippen LogP contribution >= 0.6 is 11.3 Å². The molecule has 3 rings (SSSR count). The van der Waals surface area contributed by atoms with Gasteiger partial charge in [-0.25, -0.2) is 0 Å². The normalized spacial score (nSPS) is 10.8. The molecule has 2 nitrogen and oxygen atoms in total. The SMILES string of the molecule is Cc1cc(CNc2ccccc2-c2cccs2)c(C)n1C. The number of benzene rings is 1. The van der Waals surface area contributed by atoms with Crippen LogP contribution in [0, 0.1) is 13.8 Å². The quantitative estimate of drug-likeness (QED) is 0.718. The van der Waals surface area contributed by atoms with Gasteiger partial charge < -0.3 is 9.88 Å². The van der Waals surface area contributed by atoms with Crippen LogP contribution in [0.3, 0.4) is 0 Å². The number of hydrogen-bond donors (Lipinski definition) is 1. The van der Waals surface area contributed by atoms with Gasteiger partial charge in [-0.15, -0.1) is 11.3 Å². The van der Waals surface area contributed by atoms with E-state index in [1.165, 1.54) is 33.1 Å². The second-order valence-corrected chi connectivity index (χ2v) is 6.28.